The second kappa shape index (κ2) is 5.56. The molecule has 0 bridgehead atoms. The highest BCUT2D eigenvalue weighted by Gasteiger charge is 2.25. The molecule has 1 N–H and O–H groups in total. The number of anilines is 1. The molecule has 2 unspecified atom stereocenters. The lowest BCUT2D eigenvalue weighted by Gasteiger charge is -2.32. The Morgan fingerprint density at radius 1 is 1.11 bits per heavy atom. The quantitative estimate of drug-likeness (QED) is 0.884. The van der Waals surface area contributed by atoms with Gasteiger partial charge in [0.2, 0.25) is 0 Å². The van der Waals surface area contributed by atoms with Gasteiger partial charge < -0.3 is 5.32 Å². The molecule has 0 aliphatic heterocycles. The van der Waals surface area contributed by atoms with Crippen LogP contribution in [0, 0.1) is 37.0 Å². The van der Waals surface area contributed by atoms with Crippen LogP contribution in [0.15, 0.2) is 0 Å². The fourth-order valence-electron chi connectivity index (χ4n) is 3.10. The minimum Gasteiger partial charge on any atom is -0.365 e. The van der Waals surface area contributed by atoms with Gasteiger partial charge in [-0.2, -0.15) is 10.4 Å². The van der Waals surface area contributed by atoms with Crippen LogP contribution >= 0.6 is 0 Å². The highest BCUT2D eigenvalue weighted by molar-refractivity contribution is 5.56. The third kappa shape index (κ3) is 3.04. The van der Waals surface area contributed by atoms with Crippen LogP contribution in [-0.2, 0) is 0 Å². The zero-order chi connectivity index (χ0) is 14.0. The number of hydrogen-bond acceptors (Lipinski definition) is 4. The van der Waals surface area contributed by atoms with Gasteiger partial charge in [-0.3, -0.25) is 0 Å². The molecule has 1 fully saturated rings. The van der Waals surface area contributed by atoms with Crippen molar-refractivity contribution < 1.29 is 0 Å². The molecule has 19 heavy (non-hydrogen) atoms. The Bertz CT molecular complexity index is 494. The summed E-state index contributed by atoms with van der Waals surface area (Å²) in [6, 6.07) is 2.66. The molecule has 4 nitrogen and oxygen atoms in total. The van der Waals surface area contributed by atoms with Gasteiger partial charge in [-0.25, -0.2) is 0 Å². The third-order valence-electron chi connectivity index (χ3n) is 4.09. The van der Waals surface area contributed by atoms with E-state index in [0.717, 1.165) is 35.9 Å². The van der Waals surface area contributed by atoms with Crippen LogP contribution in [0.2, 0.25) is 0 Å². The van der Waals surface area contributed by atoms with Crippen molar-refractivity contribution in [2.75, 3.05) is 5.32 Å². The molecule has 1 aromatic heterocycles. The number of aryl methyl sites for hydroxylation is 1. The Morgan fingerprint density at radius 2 is 1.74 bits per heavy atom. The summed E-state index contributed by atoms with van der Waals surface area (Å²) >= 11 is 0. The van der Waals surface area contributed by atoms with Crippen molar-refractivity contribution in [3.05, 3.63) is 16.8 Å². The van der Waals surface area contributed by atoms with Gasteiger partial charge in [-0.05, 0) is 50.5 Å². The molecule has 1 aromatic rings. The minimum absolute atomic E-state index is 0.405. The maximum atomic E-state index is 9.30. The standard InChI is InChI=1S/C15H22N4/c1-9-5-10(2)7-13(6-9)17-15-14(8-16)11(3)12(4)18-19-15/h9-10,13H,5-7H2,1-4H3,(H,17,19). The summed E-state index contributed by atoms with van der Waals surface area (Å²) < 4.78 is 0. The fourth-order valence-corrected chi connectivity index (χ4v) is 3.10. The average molecular weight is 258 g/mol. The van der Waals surface area contributed by atoms with E-state index < -0.39 is 0 Å². The summed E-state index contributed by atoms with van der Waals surface area (Å²) in [5.41, 5.74) is 2.39. The highest BCUT2D eigenvalue weighted by atomic mass is 15.2. The average Bonchev–Trinajstić information content (AvgIpc) is 2.33. The molecule has 2 rings (SSSR count). The van der Waals surface area contributed by atoms with Crippen molar-refractivity contribution in [2.45, 2.75) is 53.0 Å². The Labute approximate surface area is 115 Å². The third-order valence-corrected chi connectivity index (χ3v) is 4.09. The number of rotatable bonds is 2. The maximum Gasteiger partial charge on any atom is 0.167 e. The molecule has 1 aliphatic carbocycles. The van der Waals surface area contributed by atoms with Crippen molar-refractivity contribution in [3.63, 3.8) is 0 Å². The SMILES string of the molecule is Cc1nnc(NC2CC(C)CC(C)C2)c(C#N)c1C. The zero-order valence-electron chi connectivity index (χ0n) is 12.2. The van der Waals surface area contributed by atoms with E-state index in [1.165, 1.54) is 6.42 Å². The molecule has 1 heterocycles. The van der Waals surface area contributed by atoms with Crippen LogP contribution in [0.5, 0.6) is 0 Å². The van der Waals surface area contributed by atoms with E-state index in [-0.39, 0.29) is 0 Å². The second-order valence-electron chi connectivity index (χ2n) is 6.00. The Morgan fingerprint density at radius 3 is 2.32 bits per heavy atom. The normalized spacial score (nSPS) is 26.8. The van der Waals surface area contributed by atoms with Crippen LogP contribution in [-0.4, -0.2) is 16.2 Å². The monoisotopic (exact) mass is 258 g/mol. The molecular weight excluding hydrogens is 236 g/mol. The van der Waals surface area contributed by atoms with E-state index in [4.69, 9.17) is 0 Å². The van der Waals surface area contributed by atoms with Gasteiger partial charge in [0.1, 0.15) is 11.6 Å². The van der Waals surface area contributed by atoms with Crippen molar-refractivity contribution in [1.29, 1.82) is 5.26 Å². The summed E-state index contributed by atoms with van der Waals surface area (Å²) in [7, 11) is 0. The second-order valence-corrected chi connectivity index (χ2v) is 6.00. The molecule has 0 saturated heterocycles. The number of nitriles is 1. The summed E-state index contributed by atoms with van der Waals surface area (Å²) in [4.78, 5) is 0. The number of aromatic nitrogens is 2. The molecular formula is C15H22N4. The van der Waals surface area contributed by atoms with Crippen LogP contribution in [0.4, 0.5) is 5.82 Å². The van der Waals surface area contributed by atoms with Crippen LogP contribution in [0.25, 0.3) is 0 Å². The molecule has 0 spiro atoms. The first-order chi connectivity index (χ1) is 9.01. The maximum absolute atomic E-state index is 9.30. The summed E-state index contributed by atoms with van der Waals surface area (Å²) in [5, 5.41) is 21.0. The Hall–Kier alpha value is -1.63. The van der Waals surface area contributed by atoms with Crippen molar-refractivity contribution in [2.24, 2.45) is 11.8 Å². The van der Waals surface area contributed by atoms with E-state index in [1.807, 2.05) is 13.8 Å². The summed E-state index contributed by atoms with van der Waals surface area (Å²) in [6.45, 7) is 8.40. The van der Waals surface area contributed by atoms with E-state index in [0.29, 0.717) is 17.4 Å². The van der Waals surface area contributed by atoms with Gasteiger partial charge in [-0.1, -0.05) is 13.8 Å². The van der Waals surface area contributed by atoms with Gasteiger partial charge in [0.15, 0.2) is 5.82 Å². The lowest BCUT2D eigenvalue weighted by Crippen LogP contribution is -2.31. The lowest BCUT2D eigenvalue weighted by molar-refractivity contribution is 0.280. The first kappa shape index (κ1) is 13.8. The largest absolute Gasteiger partial charge is 0.365 e. The van der Waals surface area contributed by atoms with Gasteiger partial charge >= 0.3 is 0 Å². The Balaban J connectivity index is 2.20. The van der Waals surface area contributed by atoms with Crippen molar-refractivity contribution in [1.82, 2.24) is 10.2 Å². The smallest absolute Gasteiger partial charge is 0.167 e. The summed E-state index contributed by atoms with van der Waals surface area (Å²) in [6.07, 6.45) is 3.58. The van der Waals surface area contributed by atoms with Crippen LogP contribution in [0.1, 0.15) is 49.9 Å². The molecule has 102 valence electrons. The lowest BCUT2D eigenvalue weighted by atomic mass is 9.80. The number of hydrogen-bond donors (Lipinski definition) is 1. The predicted octanol–water partition coefficient (Wildman–Crippen LogP) is 3.20. The first-order valence-corrected chi connectivity index (χ1v) is 7.01. The molecule has 4 heteroatoms. The predicted molar refractivity (Wildman–Crippen MR) is 75.8 cm³/mol. The van der Waals surface area contributed by atoms with Crippen molar-refractivity contribution in [3.8, 4) is 6.07 Å². The van der Waals surface area contributed by atoms with Crippen LogP contribution < -0.4 is 5.32 Å². The molecule has 0 radical (unpaired) electrons. The molecule has 2 atom stereocenters. The number of nitrogens with zero attached hydrogens (tertiary/aromatic N) is 3. The van der Waals surface area contributed by atoms with Gasteiger partial charge in [0.05, 0.1) is 5.69 Å². The van der Waals surface area contributed by atoms with Crippen LogP contribution in [0.3, 0.4) is 0 Å². The highest BCUT2D eigenvalue weighted by Crippen LogP contribution is 2.31. The van der Waals surface area contributed by atoms with E-state index in [2.05, 4.69) is 35.4 Å². The zero-order valence-corrected chi connectivity index (χ0v) is 12.2. The Kier molecular flexibility index (Phi) is 4.04. The van der Waals surface area contributed by atoms with Gasteiger partial charge in [0.25, 0.3) is 0 Å². The van der Waals surface area contributed by atoms with Gasteiger partial charge in [0, 0.05) is 6.04 Å². The molecule has 1 saturated carbocycles. The molecule has 1 aliphatic rings. The fraction of sp³-hybridized carbons (Fsp3) is 0.667. The van der Waals surface area contributed by atoms with Gasteiger partial charge in [-0.15, -0.1) is 5.10 Å². The van der Waals surface area contributed by atoms with E-state index in [9.17, 15) is 5.26 Å². The number of nitrogens with one attached hydrogen (secondary N) is 1. The van der Waals surface area contributed by atoms with E-state index >= 15 is 0 Å². The first-order valence-electron chi connectivity index (χ1n) is 7.01. The molecule has 0 aromatic carbocycles. The topological polar surface area (TPSA) is 61.6 Å². The van der Waals surface area contributed by atoms with Crippen molar-refractivity contribution >= 4 is 5.82 Å². The minimum atomic E-state index is 0.405. The molecule has 0 amide bonds. The summed E-state index contributed by atoms with van der Waals surface area (Å²) in [5.74, 6) is 2.11. The van der Waals surface area contributed by atoms with E-state index in [1.54, 1.807) is 0 Å².